The van der Waals surface area contributed by atoms with Gasteiger partial charge in [0.2, 0.25) is 0 Å². The summed E-state index contributed by atoms with van der Waals surface area (Å²) < 4.78 is 45.7. The highest BCUT2D eigenvalue weighted by Gasteiger charge is 2.40. The van der Waals surface area contributed by atoms with E-state index in [2.05, 4.69) is 5.32 Å². The average molecular weight is 438 g/mol. The van der Waals surface area contributed by atoms with Crippen molar-refractivity contribution in [3.63, 3.8) is 0 Å². The van der Waals surface area contributed by atoms with Crippen LogP contribution in [0.1, 0.15) is 11.1 Å². The fourth-order valence-corrected chi connectivity index (χ4v) is 3.43. The fraction of sp³-hybridized carbons (Fsp3) is 0.0833. The maximum atomic E-state index is 13.7. The van der Waals surface area contributed by atoms with Crippen LogP contribution >= 0.6 is 0 Å². The maximum absolute atomic E-state index is 13.7. The van der Waals surface area contributed by atoms with Crippen LogP contribution in [0.3, 0.4) is 0 Å². The standard InChI is InChI=1S/C24H17F3N2O3/c1-32-20-5-3-2-4-17(20)21-22(28-16-10-11-18(26)19(27)12-16)24(31)29(23(21)30)13-14-6-8-15(25)9-7-14/h2-12,28H,13H2,1H3. The second-order valence-electron chi connectivity index (χ2n) is 7.03. The van der Waals surface area contributed by atoms with E-state index in [0.29, 0.717) is 16.9 Å². The number of hydrogen-bond donors (Lipinski definition) is 1. The number of nitrogens with zero attached hydrogens (tertiary/aromatic N) is 1. The highest BCUT2D eigenvalue weighted by atomic mass is 19.2. The molecule has 5 nitrogen and oxygen atoms in total. The molecule has 0 spiro atoms. The normalized spacial score (nSPS) is 13.7. The van der Waals surface area contributed by atoms with Crippen molar-refractivity contribution in [2.75, 3.05) is 12.4 Å². The van der Waals surface area contributed by atoms with E-state index in [0.717, 1.165) is 17.0 Å². The van der Waals surface area contributed by atoms with Gasteiger partial charge >= 0.3 is 0 Å². The molecule has 0 saturated heterocycles. The number of carbonyl (C=O) groups is 2. The van der Waals surface area contributed by atoms with Gasteiger partial charge in [0.25, 0.3) is 11.8 Å². The predicted molar refractivity (Wildman–Crippen MR) is 112 cm³/mol. The number of hydrogen-bond acceptors (Lipinski definition) is 4. The molecule has 1 N–H and O–H groups in total. The highest BCUT2D eigenvalue weighted by molar-refractivity contribution is 6.36. The summed E-state index contributed by atoms with van der Waals surface area (Å²) in [7, 11) is 1.43. The largest absolute Gasteiger partial charge is 0.496 e. The lowest BCUT2D eigenvalue weighted by molar-refractivity contribution is -0.137. The molecule has 0 atom stereocenters. The Bertz CT molecular complexity index is 1240. The van der Waals surface area contributed by atoms with Crippen molar-refractivity contribution in [1.82, 2.24) is 4.90 Å². The van der Waals surface area contributed by atoms with E-state index >= 15 is 0 Å². The molecule has 4 rings (SSSR count). The van der Waals surface area contributed by atoms with Crippen LogP contribution in [0.25, 0.3) is 5.57 Å². The lowest BCUT2D eigenvalue weighted by Crippen LogP contribution is -2.32. The van der Waals surface area contributed by atoms with E-state index in [1.54, 1.807) is 24.3 Å². The number of methoxy groups -OCH3 is 1. The molecule has 162 valence electrons. The Morgan fingerprint density at radius 3 is 2.28 bits per heavy atom. The fourth-order valence-electron chi connectivity index (χ4n) is 3.43. The molecular weight excluding hydrogens is 421 g/mol. The van der Waals surface area contributed by atoms with E-state index in [-0.39, 0.29) is 23.5 Å². The Kier molecular flexibility index (Phi) is 5.68. The number of halogens is 3. The third-order valence-corrected chi connectivity index (χ3v) is 4.99. The van der Waals surface area contributed by atoms with E-state index in [1.807, 2.05) is 0 Å². The molecule has 0 saturated carbocycles. The molecule has 0 radical (unpaired) electrons. The van der Waals surface area contributed by atoms with Gasteiger partial charge < -0.3 is 10.1 Å². The summed E-state index contributed by atoms with van der Waals surface area (Å²) in [5.74, 6) is -3.49. The van der Waals surface area contributed by atoms with Crippen molar-refractivity contribution in [3.8, 4) is 5.75 Å². The van der Waals surface area contributed by atoms with Gasteiger partial charge in [0, 0.05) is 17.3 Å². The van der Waals surface area contributed by atoms with Crippen molar-refractivity contribution in [1.29, 1.82) is 0 Å². The first-order chi connectivity index (χ1) is 15.4. The zero-order chi connectivity index (χ0) is 22.8. The lowest BCUT2D eigenvalue weighted by atomic mass is 10.0. The minimum absolute atomic E-state index is 0.0271. The zero-order valence-electron chi connectivity index (χ0n) is 16.9. The van der Waals surface area contributed by atoms with Crippen LogP contribution in [0.15, 0.2) is 72.4 Å². The van der Waals surface area contributed by atoms with E-state index < -0.39 is 29.3 Å². The lowest BCUT2D eigenvalue weighted by Gasteiger charge is -2.15. The van der Waals surface area contributed by atoms with Crippen LogP contribution < -0.4 is 10.1 Å². The van der Waals surface area contributed by atoms with Crippen molar-refractivity contribution in [2.45, 2.75) is 6.54 Å². The minimum Gasteiger partial charge on any atom is -0.496 e. The summed E-state index contributed by atoms with van der Waals surface area (Å²) in [5, 5.41) is 2.76. The molecular formula is C24H17F3N2O3. The van der Waals surface area contributed by atoms with Crippen LogP contribution in [-0.4, -0.2) is 23.8 Å². The SMILES string of the molecule is COc1ccccc1C1=C(Nc2ccc(F)c(F)c2)C(=O)N(Cc2ccc(F)cc2)C1=O. The van der Waals surface area contributed by atoms with Gasteiger partial charge in [-0.1, -0.05) is 30.3 Å². The molecule has 1 aliphatic rings. The van der Waals surface area contributed by atoms with Crippen LogP contribution in [0.2, 0.25) is 0 Å². The predicted octanol–water partition coefficient (Wildman–Crippen LogP) is 4.50. The number of anilines is 1. The van der Waals surface area contributed by atoms with Crippen LogP contribution in [0.5, 0.6) is 5.75 Å². The molecule has 0 aliphatic carbocycles. The molecule has 1 aliphatic heterocycles. The molecule has 32 heavy (non-hydrogen) atoms. The van der Waals surface area contributed by atoms with Gasteiger partial charge in [-0.05, 0) is 35.9 Å². The third kappa shape index (κ3) is 3.94. The molecule has 0 aromatic heterocycles. The number of carbonyl (C=O) groups excluding carboxylic acids is 2. The molecule has 0 bridgehead atoms. The Morgan fingerprint density at radius 1 is 0.875 bits per heavy atom. The van der Waals surface area contributed by atoms with Crippen molar-refractivity contribution in [3.05, 3.63) is 101 Å². The Hall–Kier alpha value is -4.07. The second kappa shape index (κ2) is 8.58. The van der Waals surface area contributed by atoms with Crippen LogP contribution in [0, 0.1) is 17.5 Å². The van der Waals surface area contributed by atoms with Gasteiger partial charge in [-0.15, -0.1) is 0 Å². The van der Waals surface area contributed by atoms with Gasteiger partial charge in [0.1, 0.15) is 17.3 Å². The van der Waals surface area contributed by atoms with Crippen molar-refractivity contribution in [2.24, 2.45) is 0 Å². The summed E-state index contributed by atoms with van der Waals surface area (Å²) in [6, 6.07) is 15.1. The van der Waals surface area contributed by atoms with Gasteiger partial charge in [-0.25, -0.2) is 13.2 Å². The van der Waals surface area contributed by atoms with Gasteiger partial charge in [0.05, 0.1) is 19.2 Å². The minimum atomic E-state index is -1.10. The number of nitrogens with one attached hydrogen (secondary N) is 1. The average Bonchev–Trinajstić information content (AvgIpc) is 3.01. The zero-order valence-corrected chi connectivity index (χ0v) is 16.9. The summed E-state index contributed by atoms with van der Waals surface area (Å²) in [4.78, 5) is 27.5. The molecule has 3 aromatic carbocycles. The first kappa shape index (κ1) is 21.2. The van der Waals surface area contributed by atoms with Crippen LogP contribution in [0.4, 0.5) is 18.9 Å². The monoisotopic (exact) mass is 438 g/mol. The molecule has 8 heteroatoms. The number of imide groups is 1. The Labute approximate surface area is 181 Å². The van der Waals surface area contributed by atoms with E-state index in [1.165, 1.54) is 37.4 Å². The van der Waals surface area contributed by atoms with E-state index in [9.17, 15) is 22.8 Å². The number of rotatable bonds is 6. The first-order valence-electron chi connectivity index (χ1n) is 9.59. The topological polar surface area (TPSA) is 58.6 Å². The number of para-hydroxylation sites is 1. The van der Waals surface area contributed by atoms with Gasteiger partial charge in [-0.3, -0.25) is 14.5 Å². The first-order valence-corrected chi connectivity index (χ1v) is 9.59. The Morgan fingerprint density at radius 2 is 1.59 bits per heavy atom. The quantitative estimate of drug-likeness (QED) is 0.576. The summed E-state index contributed by atoms with van der Waals surface area (Å²) >= 11 is 0. The number of amides is 2. The van der Waals surface area contributed by atoms with Crippen LogP contribution in [-0.2, 0) is 16.1 Å². The summed E-state index contributed by atoms with van der Waals surface area (Å²) in [6.07, 6.45) is 0. The Balaban J connectivity index is 1.78. The third-order valence-electron chi connectivity index (χ3n) is 4.99. The molecule has 3 aromatic rings. The molecule has 1 heterocycles. The number of ether oxygens (including phenoxy) is 1. The molecule has 0 unspecified atom stereocenters. The van der Waals surface area contributed by atoms with Gasteiger partial charge in [-0.2, -0.15) is 0 Å². The van der Waals surface area contributed by atoms with Crippen molar-refractivity contribution < 1.29 is 27.5 Å². The van der Waals surface area contributed by atoms with Crippen molar-refractivity contribution >= 4 is 23.1 Å². The summed E-state index contributed by atoms with van der Waals surface area (Å²) in [5.41, 5.74) is 0.921. The smallest absolute Gasteiger partial charge is 0.278 e. The summed E-state index contributed by atoms with van der Waals surface area (Å²) in [6.45, 7) is -0.0977. The number of benzene rings is 3. The van der Waals surface area contributed by atoms with E-state index in [4.69, 9.17) is 4.74 Å². The second-order valence-corrected chi connectivity index (χ2v) is 7.03. The molecule has 2 amide bonds. The highest BCUT2D eigenvalue weighted by Crippen LogP contribution is 2.36. The maximum Gasteiger partial charge on any atom is 0.278 e. The molecule has 0 fully saturated rings. The van der Waals surface area contributed by atoms with Gasteiger partial charge in [0.15, 0.2) is 11.6 Å².